The molecule has 0 radical (unpaired) electrons. The number of aromatic amines is 1. The molecule has 1 aliphatic heterocycles. The van der Waals surface area contributed by atoms with Crippen molar-refractivity contribution in [3.63, 3.8) is 0 Å². The Labute approximate surface area is 252 Å². The summed E-state index contributed by atoms with van der Waals surface area (Å²) in [7, 11) is 3.17. The van der Waals surface area contributed by atoms with Crippen molar-refractivity contribution >= 4 is 39.8 Å². The van der Waals surface area contributed by atoms with Gasteiger partial charge in [0.1, 0.15) is 6.61 Å². The predicted molar refractivity (Wildman–Crippen MR) is 156 cm³/mol. The van der Waals surface area contributed by atoms with E-state index < -0.39 is 41.6 Å². The quantitative estimate of drug-likeness (QED) is 0.164. The second kappa shape index (κ2) is 11.9. The zero-order chi connectivity index (χ0) is 31.8. The number of aryl methyl sites for hydroxylation is 1. The van der Waals surface area contributed by atoms with Gasteiger partial charge in [0.15, 0.2) is 16.7 Å². The van der Waals surface area contributed by atoms with Crippen molar-refractivity contribution in [2.75, 3.05) is 14.2 Å². The van der Waals surface area contributed by atoms with Gasteiger partial charge in [0.05, 0.1) is 23.1 Å². The van der Waals surface area contributed by atoms with Gasteiger partial charge in [0, 0.05) is 36.3 Å². The molecular weight excluding hydrogens is 608 g/mol. The summed E-state index contributed by atoms with van der Waals surface area (Å²) < 4.78 is 90.4. The summed E-state index contributed by atoms with van der Waals surface area (Å²) in [5, 5.41) is 1.61. The normalized spacial score (nSPS) is 14.8. The number of methoxy groups -OCH3 is 1. The van der Waals surface area contributed by atoms with Crippen molar-refractivity contribution in [1.82, 2.24) is 9.88 Å². The van der Waals surface area contributed by atoms with Crippen LogP contribution in [0.1, 0.15) is 33.4 Å². The van der Waals surface area contributed by atoms with Crippen LogP contribution in [-0.4, -0.2) is 35.1 Å². The third-order valence-electron chi connectivity index (χ3n) is 6.88. The van der Waals surface area contributed by atoms with Crippen molar-refractivity contribution in [3.8, 4) is 11.5 Å². The minimum absolute atomic E-state index is 0.0661. The number of fused-ring (bicyclic) bond motifs is 1. The van der Waals surface area contributed by atoms with Crippen molar-refractivity contribution in [1.29, 1.82) is 0 Å². The third-order valence-corrected chi connectivity index (χ3v) is 7.98. The van der Waals surface area contributed by atoms with E-state index in [0.29, 0.717) is 28.2 Å². The number of aromatic nitrogens is 1. The van der Waals surface area contributed by atoms with E-state index in [1.807, 2.05) is 37.2 Å². The summed E-state index contributed by atoms with van der Waals surface area (Å²) in [6.07, 6.45) is -6.41. The molecule has 6 nitrogen and oxygen atoms in total. The predicted octanol–water partition coefficient (Wildman–Crippen LogP) is 8.20. The average Bonchev–Trinajstić information content (AvgIpc) is 3.53. The number of H-pyrrole nitrogens is 1. The SMILES string of the molecule is COc1cc(C=C2SC(N(C)Cc3c[nH]c4ccc(C)cc34)=NC2=O)ccc1OCc1ccc(C(F)(F)F)cc1C(F)(F)F. The number of aliphatic imine (C=N–C) groups is 1. The first-order valence-electron chi connectivity index (χ1n) is 13.1. The maximum atomic E-state index is 13.5. The molecule has 0 atom stereocenters. The number of hydrogen-bond acceptors (Lipinski definition) is 5. The van der Waals surface area contributed by atoms with Crippen molar-refractivity contribution in [2.24, 2.45) is 4.99 Å². The standard InChI is InChI=1S/C31H25F6N3O3S/c1-17-4-8-24-22(10-17)20(14-38-24)15-40(2)29-39-28(41)27(44-29)12-18-5-9-25(26(11-18)42-3)43-16-19-6-7-21(30(32,33)34)13-23(19)31(35,36)37/h4-14,38H,15-16H2,1-3H3. The monoisotopic (exact) mass is 633 g/mol. The number of benzene rings is 3. The van der Waals surface area contributed by atoms with Gasteiger partial charge < -0.3 is 19.4 Å². The summed E-state index contributed by atoms with van der Waals surface area (Å²) in [6.45, 7) is 1.88. The molecule has 1 amide bonds. The fourth-order valence-corrected chi connectivity index (χ4v) is 5.52. The Kier molecular flexibility index (Phi) is 8.43. The molecule has 2 heterocycles. The maximum absolute atomic E-state index is 13.5. The minimum Gasteiger partial charge on any atom is -0.493 e. The summed E-state index contributed by atoms with van der Waals surface area (Å²) in [4.78, 5) is 22.4. The largest absolute Gasteiger partial charge is 0.493 e. The zero-order valence-corrected chi connectivity index (χ0v) is 24.4. The van der Waals surface area contributed by atoms with Crippen molar-refractivity contribution in [2.45, 2.75) is 32.4 Å². The zero-order valence-electron chi connectivity index (χ0n) is 23.6. The molecule has 0 saturated heterocycles. The Hall–Kier alpha value is -4.39. The van der Waals surface area contributed by atoms with E-state index in [1.165, 1.54) is 31.0 Å². The Balaban J connectivity index is 1.29. The van der Waals surface area contributed by atoms with Crippen LogP contribution in [0.2, 0.25) is 0 Å². The van der Waals surface area contributed by atoms with Crippen LogP contribution in [0, 0.1) is 6.92 Å². The highest BCUT2D eigenvalue weighted by Gasteiger charge is 2.38. The molecule has 44 heavy (non-hydrogen) atoms. The van der Waals surface area contributed by atoms with Crippen LogP contribution in [0.5, 0.6) is 11.5 Å². The van der Waals surface area contributed by atoms with E-state index in [1.54, 1.807) is 12.1 Å². The van der Waals surface area contributed by atoms with Gasteiger partial charge in [-0.1, -0.05) is 23.8 Å². The molecule has 5 rings (SSSR count). The van der Waals surface area contributed by atoms with Crippen molar-refractivity contribution in [3.05, 3.63) is 99.1 Å². The highest BCUT2D eigenvalue weighted by Crippen LogP contribution is 2.39. The molecule has 3 aromatic carbocycles. The molecule has 1 N–H and O–H groups in total. The number of rotatable bonds is 7. The highest BCUT2D eigenvalue weighted by atomic mass is 32.2. The van der Waals surface area contributed by atoms with E-state index in [-0.39, 0.29) is 17.6 Å². The molecule has 230 valence electrons. The Morgan fingerprint density at radius 3 is 2.43 bits per heavy atom. The van der Waals surface area contributed by atoms with E-state index >= 15 is 0 Å². The minimum atomic E-state index is -5.02. The molecule has 0 fully saturated rings. The lowest BCUT2D eigenvalue weighted by Gasteiger charge is -2.17. The van der Waals surface area contributed by atoms with Gasteiger partial charge in [-0.05, 0) is 72.3 Å². The molecule has 1 aliphatic rings. The first kappa shape index (κ1) is 31.0. The third kappa shape index (κ3) is 6.72. The first-order chi connectivity index (χ1) is 20.7. The van der Waals surface area contributed by atoms with Gasteiger partial charge in [-0.15, -0.1) is 0 Å². The average molecular weight is 634 g/mol. The topological polar surface area (TPSA) is 66.9 Å². The molecule has 0 bridgehead atoms. The van der Waals surface area contributed by atoms with Gasteiger partial charge >= 0.3 is 12.4 Å². The Bertz CT molecular complexity index is 1790. The number of nitrogens with one attached hydrogen (secondary N) is 1. The number of amidine groups is 1. The first-order valence-corrected chi connectivity index (χ1v) is 13.9. The molecule has 0 saturated carbocycles. The smallest absolute Gasteiger partial charge is 0.416 e. The number of halogens is 6. The lowest BCUT2D eigenvalue weighted by Crippen LogP contribution is -2.22. The van der Waals surface area contributed by atoms with Gasteiger partial charge in [0.2, 0.25) is 0 Å². The van der Waals surface area contributed by atoms with Crippen LogP contribution < -0.4 is 9.47 Å². The lowest BCUT2D eigenvalue weighted by molar-refractivity contribution is -0.143. The number of hydrogen-bond donors (Lipinski definition) is 1. The van der Waals surface area contributed by atoms with E-state index in [4.69, 9.17) is 9.47 Å². The molecule has 13 heteroatoms. The van der Waals surface area contributed by atoms with E-state index in [0.717, 1.165) is 28.1 Å². The molecular formula is C31H25F6N3O3S. The van der Waals surface area contributed by atoms with Gasteiger partial charge in [-0.25, -0.2) is 0 Å². The number of carbonyl (C=O) groups excluding carboxylic acids is 1. The number of carbonyl (C=O) groups is 1. The Morgan fingerprint density at radius 2 is 1.73 bits per heavy atom. The van der Waals surface area contributed by atoms with E-state index in [2.05, 4.69) is 16.0 Å². The molecule has 0 spiro atoms. The molecule has 1 aromatic heterocycles. The summed E-state index contributed by atoms with van der Waals surface area (Å²) in [6, 6.07) is 12.1. The fraction of sp³-hybridized carbons (Fsp3) is 0.226. The number of ether oxygens (including phenoxy) is 2. The van der Waals surface area contributed by atoms with Crippen LogP contribution in [0.15, 0.2) is 70.7 Å². The lowest BCUT2D eigenvalue weighted by atomic mass is 10.0. The van der Waals surface area contributed by atoms with E-state index in [9.17, 15) is 31.1 Å². The molecule has 0 aliphatic carbocycles. The van der Waals surface area contributed by atoms with Crippen LogP contribution in [-0.2, 0) is 30.3 Å². The van der Waals surface area contributed by atoms with Gasteiger partial charge in [-0.3, -0.25) is 4.79 Å². The summed E-state index contributed by atoms with van der Waals surface area (Å²) in [5.41, 5.74) is 0.423. The fourth-order valence-electron chi connectivity index (χ4n) is 4.65. The number of amides is 1. The summed E-state index contributed by atoms with van der Waals surface area (Å²) >= 11 is 1.20. The van der Waals surface area contributed by atoms with Gasteiger partial charge in [0.25, 0.3) is 5.91 Å². The summed E-state index contributed by atoms with van der Waals surface area (Å²) in [5.74, 6) is -0.199. The second-order valence-corrected chi connectivity index (χ2v) is 11.1. The number of thioether (sulfide) groups is 1. The second-order valence-electron chi connectivity index (χ2n) is 10.1. The number of alkyl halides is 6. The van der Waals surface area contributed by atoms with Crippen LogP contribution in [0.4, 0.5) is 26.3 Å². The Morgan fingerprint density at radius 1 is 0.955 bits per heavy atom. The van der Waals surface area contributed by atoms with Gasteiger partial charge in [-0.2, -0.15) is 31.3 Å². The maximum Gasteiger partial charge on any atom is 0.416 e. The molecule has 0 unspecified atom stereocenters. The number of nitrogens with zero attached hydrogens (tertiary/aromatic N) is 2. The van der Waals surface area contributed by atoms with Crippen LogP contribution in [0.25, 0.3) is 17.0 Å². The van der Waals surface area contributed by atoms with Crippen molar-refractivity contribution < 1.29 is 40.6 Å². The molecule has 4 aromatic rings. The van der Waals surface area contributed by atoms with Crippen LogP contribution in [0.3, 0.4) is 0 Å². The van der Waals surface area contributed by atoms with Crippen LogP contribution >= 0.6 is 11.8 Å². The highest BCUT2D eigenvalue weighted by molar-refractivity contribution is 8.18.